The number of nitrogens with zero attached hydrogens (tertiary/aromatic N) is 2. The molecule has 0 radical (unpaired) electrons. The maximum atomic E-state index is 6.21. The zero-order valence-corrected chi connectivity index (χ0v) is 12.0. The molecule has 1 aliphatic heterocycles. The molecule has 3 aliphatic rings. The van der Waals surface area contributed by atoms with Crippen molar-refractivity contribution in [2.24, 2.45) is 28.5 Å². The van der Waals surface area contributed by atoms with Crippen LogP contribution < -0.4 is 5.73 Å². The highest BCUT2D eigenvalue weighted by atomic mass is 15.4. The van der Waals surface area contributed by atoms with E-state index in [-0.39, 0.29) is 5.54 Å². The Labute approximate surface area is 111 Å². The smallest absolute Gasteiger partial charge is 0.192 e. The van der Waals surface area contributed by atoms with E-state index in [0.29, 0.717) is 6.04 Å². The van der Waals surface area contributed by atoms with Gasteiger partial charge in [-0.3, -0.25) is 4.99 Å². The predicted octanol–water partition coefficient (Wildman–Crippen LogP) is 2.61. The molecule has 2 saturated carbocycles. The average Bonchev–Trinajstić information content (AvgIpc) is 3.06. The Morgan fingerprint density at radius 2 is 2.00 bits per heavy atom. The summed E-state index contributed by atoms with van der Waals surface area (Å²) in [5, 5.41) is 0. The van der Waals surface area contributed by atoms with Gasteiger partial charge in [-0.15, -0.1) is 0 Å². The van der Waals surface area contributed by atoms with Crippen molar-refractivity contribution in [3.63, 3.8) is 0 Å². The van der Waals surface area contributed by atoms with Crippen molar-refractivity contribution in [3.8, 4) is 0 Å². The lowest BCUT2D eigenvalue weighted by molar-refractivity contribution is 0.0196. The van der Waals surface area contributed by atoms with Gasteiger partial charge in [0.15, 0.2) is 5.96 Å². The normalized spacial score (nSPS) is 40.7. The number of hydrogen-bond acceptors (Lipinski definition) is 3. The van der Waals surface area contributed by atoms with Crippen molar-refractivity contribution in [2.75, 3.05) is 6.54 Å². The van der Waals surface area contributed by atoms with Gasteiger partial charge in [0, 0.05) is 6.04 Å². The molecule has 102 valence electrons. The molecule has 1 heterocycles. The van der Waals surface area contributed by atoms with Crippen LogP contribution in [0.25, 0.3) is 0 Å². The standard InChI is InChI=1S/C15H27N3/c1-10(2)13-7-4-11(3)8-15(13)9-17-14(16)18(15)12-5-6-12/h10-13H,4-9H2,1-3H3,(H2,16,17). The van der Waals surface area contributed by atoms with E-state index in [0.717, 1.165) is 30.3 Å². The van der Waals surface area contributed by atoms with Gasteiger partial charge >= 0.3 is 0 Å². The van der Waals surface area contributed by atoms with Crippen molar-refractivity contribution < 1.29 is 0 Å². The fourth-order valence-corrected chi connectivity index (χ4v) is 4.48. The van der Waals surface area contributed by atoms with Crippen LogP contribution in [-0.4, -0.2) is 29.0 Å². The van der Waals surface area contributed by atoms with Gasteiger partial charge in [0.05, 0.1) is 12.1 Å². The van der Waals surface area contributed by atoms with Crippen LogP contribution in [0.1, 0.15) is 52.9 Å². The molecule has 1 spiro atoms. The van der Waals surface area contributed by atoms with Crippen molar-refractivity contribution >= 4 is 5.96 Å². The highest BCUT2D eigenvalue weighted by Crippen LogP contribution is 2.50. The number of guanidine groups is 1. The van der Waals surface area contributed by atoms with E-state index in [9.17, 15) is 0 Å². The summed E-state index contributed by atoms with van der Waals surface area (Å²) in [7, 11) is 0. The minimum absolute atomic E-state index is 0.261. The van der Waals surface area contributed by atoms with Gasteiger partial charge in [-0.1, -0.05) is 27.2 Å². The van der Waals surface area contributed by atoms with Crippen LogP contribution in [0.2, 0.25) is 0 Å². The molecule has 0 aromatic rings. The van der Waals surface area contributed by atoms with Gasteiger partial charge in [-0.2, -0.15) is 0 Å². The summed E-state index contributed by atoms with van der Waals surface area (Å²) in [5.41, 5.74) is 6.47. The molecule has 3 heteroatoms. The topological polar surface area (TPSA) is 41.6 Å². The first-order valence-corrected chi connectivity index (χ1v) is 7.64. The Bertz CT molecular complexity index is 359. The third-order valence-electron chi connectivity index (χ3n) is 5.32. The second kappa shape index (κ2) is 4.14. The largest absolute Gasteiger partial charge is 0.370 e. The van der Waals surface area contributed by atoms with E-state index < -0.39 is 0 Å². The lowest BCUT2D eigenvalue weighted by Crippen LogP contribution is -2.60. The molecular formula is C15H27N3. The van der Waals surface area contributed by atoms with E-state index in [4.69, 9.17) is 5.73 Å². The van der Waals surface area contributed by atoms with Crippen LogP contribution in [-0.2, 0) is 0 Å². The third kappa shape index (κ3) is 1.74. The molecule has 0 aromatic heterocycles. The molecule has 3 unspecified atom stereocenters. The molecule has 18 heavy (non-hydrogen) atoms. The first-order chi connectivity index (χ1) is 8.54. The highest BCUT2D eigenvalue weighted by molar-refractivity contribution is 5.81. The molecule has 0 bridgehead atoms. The predicted molar refractivity (Wildman–Crippen MR) is 75.4 cm³/mol. The lowest BCUT2D eigenvalue weighted by atomic mass is 9.64. The highest BCUT2D eigenvalue weighted by Gasteiger charge is 2.55. The minimum Gasteiger partial charge on any atom is -0.370 e. The van der Waals surface area contributed by atoms with Crippen LogP contribution >= 0.6 is 0 Å². The Hall–Kier alpha value is -0.730. The number of nitrogens with two attached hydrogens (primary N) is 1. The van der Waals surface area contributed by atoms with Crippen molar-refractivity contribution in [2.45, 2.75) is 64.5 Å². The minimum atomic E-state index is 0.261. The van der Waals surface area contributed by atoms with Crippen molar-refractivity contribution in [1.82, 2.24) is 4.90 Å². The van der Waals surface area contributed by atoms with E-state index in [2.05, 4.69) is 30.7 Å². The molecule has 0 saturated heterocycles. The number of aliphatic imine (C=N–C) groups is 1. The molecule has 2 fully saturated rings. The molecule has 3 rings (SSSR count). The van der Waals surface area contributed by atoms with Gasteiger partial charge in [-0.05, 0) is 43.4 Å². The quantitative estimate of drug-likeness (QED) is 0.817. The zero-order chi connectivity index (χ0) is 12.9. The van der Waals surface area contributed by atoms with E-state index in [1.807, 2.05) is 0 Å². The van der Waals surface area contributed by atoms with Crippen LogP contribution in [0, 0.1) is 17.8 Å². The first kappa shape index (κ1) is 12.3. The molecule has 0 aromatic carbocycles. The van der Waals surface area contributed by atoms with Gasteiger partial charge in [-0.25, -0.2) is 0 Å². The van der Waals surface area contributed by atoms with E-state index in [1.165, 1.54) is 32.1 Å². The Balaban J connectivity index is 1.93. The maximum Gasteiger partial charge on any atom is 0.192 e. The summed E-state index contributed by atoms with van der Waals surface area (Å²) in [6.07, 6.45) is 6.65. The monoisotopic (exact) mass is 249 g/mol. The van der Waals surface area contributed by atoms with Crippen LogP contribution in [0.15, 0.2) is 4.99 Å². The van der Waals surface area contributed by atoms with Gasteiger partial charge < -0.3 is 10.6 Å². The Morgan fingerprint density at radius 1 is 1.28 bits per heavy atom. The Morgan fingerprint density at radius 3 is 2.61 bits per heavy atom. The summed E-state index contributed by atoms with van der Waals surface area (Å²) in [6.45, 7) is 8.10. The fourth-order valence-electron chi connectivity index (χ4n) is 4.48. The van der Waals surface area contributed by atoms with Gasteiger partial charge in [0.1, 0.15) is 0 Å². The summed E-state index contributed by atoms with van der Waals surface area (Å²) in [4.78, 5) is 7.18. The van der Waals surface area contributed by atoms with Gasteiger partial charge in [0.25, 0.3) is 0 Å². The summed E-state index contributed by atoms with van der Waals surface area (Å²) < 4.78 is 0. The summed E-state index contributed by atoms with van der Waals surface area (Å²) >= 11 is 0. The van der Waals surface area contributed by atoms with Crippen LogP contribution in [0.5, 0.6) is 0 Å². The fraction of sp³-hybridized carbons (Fsp3) is 0.933. The second-order valence-corrected chi connectivity index (χ2v) is 7.12. The first-order valence-electron chi connectivity index (χ1n) is 7.64. The lowest BCUT2D eigenvalue weighted by Gasteiger charge is -2.51. The van der Waals surface area contributed by atoms with E-state index >= 15 is 0 Å². The Kier molecular flexibility index (Phi) is 2.83. The molecule has 2 N–H and O–H groups in total. The SMILES string of the molecule is CC1CCC(C(C)C)C2(CN=C(N)N2C2CC2)C1. The van der Waals surface area contributed by atoms with Crippen LogP contribution in [0.4, 0.5) is 0 Å². The zero-order valence-electron chi connectivity index (χ0n) is 12.0. The molecular weight excluding hydrogens is 222 g/mol. The molecule has 3 atom stereocenters. The third-order valence-corrected chi connectivity index (χ3v) is 5.32. The number of hydrogen-bond donors (Lipinski definition) is 1. The van der Waals surface area contributed by atoms with Crippen molar-refractivity contribution in [3.05, 3.63) is 0 Å². The van der Waals surface area contributed by atoms with E-state index in [1.54, 1.807) is 0 Å². The summed E-state index contributed by atoms with van der Waals surface area (Å²) in [5.74, 6) is 3.15. The second-order valence-electron chi connectivity index (χ2n) is 7.12. The average molecular weight is 249 g/mol. The number of rotatable bonds is 2. The molecule has 0 amide bonds. The maximum absolute atomic E-state index is 6.21. The molecule has 2 aliphatic carbocycles. The molecule has 3 nitrogen and oxygen atoms in total. The van der Waals surface area contributed by atoms with Crippen LogP contribution in [0.3, 0.4) is 0 Å². The summed E-state index contributed by atoms with van der Waals surface area (Å²) in [6, 6.07) is 0.697. The van der Waals surface area contributed by atoms with Gasteiger partial charge in [0.2, 0.25) is 0 Å². The van der Waals surface area contributed by atoms with Crippen molar-refractivity contribution in [1.29, 1.82) is 0 Å².